The minimum atomic E-state index is 0. The third-order valence-electron chi connectivity index (χ3n) is 5.69. The number of nitrogens with zero attached hydrogens (tertiary/aromatic N) is 4. The summed E-state index contributed by atoms with van der Waals surface area (Å²) in [6.45, 7) is 11.0. The van der Waals surface area contributed by atoms with Crippen LogP contribution in [0, 0.1) is 5.92 Å². The maximum absolute atomic E-state index is 5.26. The van der Waals surface area contributed by atoms with Crippen LogP contribution in [0.15, 0.2) is 29.3 Å². The normalized spacial score (nSPS) is 20.8. The van der Waals surface area contributed by atoms with Gasteiger partial charge in [0.15, 0.2) is 5.96 Å². The number of halogens is 1. The lowest BCUT2D eigenvalue weighted by molar-refractivity contribution is 0.322. The van der Waals surface area contributed by atoms with Gasteiger partial charge >= 0.3 is 0 Å². The number of benzene rings is 1. The molecule has 0 spiro atoms. The van der Waals surface area contributed by atoms with Gasteiger partial charge in [-0.3, -0.25) is 4.99 Å². The lowest BCUT2D eigenvalue weighted by atomic mass is 10.1. The molecule has 0 radical (unpaired) electrons. The van der Waals surface area contributed by atoms with E-state index < -0.39 is 0 Å². The number of piperazine rings is 1. The zero-order valence-corrected chi connectivity index (χ0v) is 19.9. The predicted octanol–water partition coefficient (Wildman–Crippen LogP) is 2.74. The second-order valence-corrected chi connectivity index (χ2v) is 7.56. The van der Waals surface area contributed by atoms with Gasteiger partial charge in [-0.25, -0.2) is 0 Å². The van der Waals surface area contributed by atoms with Crippen molar-refractivity contribution >= 4 is 35.6 Å². The first-order valence-corrected chi connectivity index (χ1v) is 10.3. The van der Waals surface area contributed by atoms with Crippen molar-refractivity contribution in [3.05, 3.63) is 24.3 Å². The standard InChI is InChI=1S/C21H35N5O.HI/c1-4-10-24-11-9-18(17-24)16-23-21(22-2)26-14-12-25(13-15-26)19-5-7-20(27-3)8-6-19;/h5-8,18H,4,9-17H2,1-3H3,(H,22,23);1H. The molecule has 2 fully saturated rings. The van der Waals surface area contributed by atoms with Crippen LogP contribution in [0.1, 0.15) is 19.8 Å². The number of hydrogen-bond acceptors (Lipinski definition) is 4. The Morgan fingerprint density at radius 3 is 2.46 bits per heavy atom. The fourth-order valence-electron chi connectivity index (χ4n) is 4.14. The van der Waals surface area contributed by atoms with Gasteiger partial charge in [-0.2, -0.15) is 0 Å². The topological polar surface area (TPSA) is 43.3 Å². The number of nitrogens with one attached hydrogen (secondary N) is 1. The molecule has 0 amide bonds. The molecule has 2 heterocycles. The monoisotopic (exact) mass is 501 g/mol. The van der Waals surface area contributed by atoms with E-state index in [1.54, 1.807) is 7.11 Å². The van der Waals surface area contributed by atoms with Crippen LogP contribution in [-0.2, 0) is 0 Å². The van der Waals surface area contributed by atoms with Crippen molar-refractivity contribution in [3.63, 3.8) is 0 Å². The Morgan fingerprint density at radius 2 is 1.86 bits per heavy atom. The highest BCUT2D eigenvalue weighted by molar-refractivity contribution is 14.0. The van der Waals surface area contributed by atoms with Crippen LogP contribution in [-0.4, -0.2) is 82.3 Å². The molecule has 0 saturated carbocycles. The number of rotatable bonds is 6. The molecule has 1 aromatic carbocycles. The minimum absolute atomic E-state index is 0. The van der Waals surface area contributed by atoms with Gasteiger partial charge in [0.05, 0.1) is 7.11 Å². The van der Waals surface area contributed by atoms with Gasteiger partial charge in [0.1, 0.15) is 5.75 Å². The average Bonchev–Trinajstić information content (AvgIpc) is 3.17. The fraction of sp³-hybridized carbons (Fsp3) is 0.667. The summed E-state index contributed by atoms with van der Waals surface area (Å²) < 4.78 is 5.26. The second kappa shape index (κ2) is 11.7. The van der Waals surface area contributed by atoms with Gasteiger partial charge in [0.25, 0.3) is 0 Å². The zero-order chi connectivity index (χ0) is 19.1. The van der Waals surface area contributed by atoms with Gasteiger partial charge in [0, 0.05) is 52.0 Å². The molecule has 6 nitrogen and oxygen atoms in total. The Balaban J connectivity index is 0.00000280. The van der Waals surface area contributed by atoms with Crippen molar-refractivity contribution in [2.75, 3.05) is 71.4 Å². The van der Waals surface area contributed by atoms with Crippen LogP contribution < -0.4 is 15.0 Å². The highest BCUT2D eigenvalue weighted by atomic mass is 127. The number of methoxy groups -OCH3 is 1. The Bertz CT molecular complexity index is 601. The molecule has 0 aliphatic carbocycles. The quantitative estimate of drug-likeness (QED) is 0.369. The summed E-state index contributed by atoms with van der Waals surface area (Å²) in [5.41, 5.74) is 1.26. The number of likely N-dealkylation sites (tertiary alicyclic amines) is 1. The fourth-order valence-corrected chi connectivity index (χ4v) is 4.14. The van der Waals surface area contributed by atoms with Crippen molar-refractivity contribution in [1.29, 1.82) is 0 Å². The molecule has 3 rings (SSSR count). The molecular weight excluding hydrogens is 465 g/mol. The molecule has 1 N–H and O–H groups in total. The molecule has 7 heteroatoms. The van der Waals surface area contributed by atoms with Crippen LogP contribution in [0.25, 0.3) is 0 Å². The smallest absolute Gasteiger partial charge is 0.193 e. The van der Waals surface area contributed by atoms with Crippen molar-refractivity contribution in [3.8, 4) is 5.75 Å². The van der Waals surface area contributed by atoms with Crippen molar-refractivity contribution in [2.24, 2.45) is 10.9 Å². The van der Waals surface area contributed by atoms with Crippen LogP contribution in [0.5, 0.6) is 5.75 Å². The molecule has 2 aliphatic rings. The van der Waals surface area contributed by atoms with Gasteiger partial charge in [-0.15, -0.1) is 24.0 Å². The molecule has 1 aromatic rings. The average molecular weight is 501 g/mol. The van der Waals surface area contributed by atoms with Crippen molar-refractivity contribution in [2.45, 2.75) is 19.8 Å². The second-order valence-electron chi connectivity index (χ2n) is 7.56. The first kappa shape index (κ1) is 23.1. The molecule has 1 atom stereocenters. The Morgan fingerprint density at radius 1 is 1.14 bits per heavy atom. The van der Waals surface area contributed by atoms with Crippen molar-refractivity contribution < 1.29 is 4.74 Å². The maximum Gasteiger partial charge on any atom is 0.193 e. The minimum Gasteiger partial charge on any atom is -0.497 e. The largest absolute Gasteiger partial charge is 0.497 e. The van der Waals surface area contributed by atoms with E-state index >= 15 is 0 Å². The number of ether oxygens (including phenoxy) is 1. The van der Waals surface area contributed by atoms with Crippen molar-refractivity contribution in [1.82, 2.24) is 15.1 Å². The van der Waals surface area contributed by atoms with E-state index in [9.17, 15) is 0 Å². The summed E-state index contributed by atoms with van der Waals surface area (Å²) in [6, 6.07) is 8.35. The third-order valence-corrected chi connectivity index (χ3v) is 5.69. The van der Waals surface area contributed by atoms with Crippen LogP contribution >= 0.6 is 24.0 Å². The summed E-state index contributed by atoms with van der Waals surface area (Å²) in [5.74, 6) is 2.71. The molecule has 0 bridgehead atoms. The van der Waals surface area contributed by atoms with Gasteiger partial charge in [0.2, 0.25) is 0 Å². The first-order valence-electron chi connectivity index (χ1n) is 10.3. The van der Waals surface area contributed by atoms with Crippen LogP contribution in [0.4, 0.5) is 5.69 Å². The number of aliphatic imine (C=N–C) groups is 1. The summed E-state index contributed by atoms with van der Waals surface area (Å²) >= 11 is 0. The Hall–Kier alpha value is -1.22. The SMILES string of the molecule is CCCN1CCC(CNC(=NC)N2CCN(c3ccc(OC)cc3)CC2)C1.I. The molecule has 158 valence electrons. The molecule has 2 aliphatic heterocycles. The molecule has 1 unspecified atom stereocenters. The van der Waals surface area contributed by atoms with E-state index in [0.717, 1.165) is 50.4 Å². The summed E-state index contributed by atoms with van der Waals surface area (Å²) in [7, 11) is 3.61. The summed E-state index contributed by atoms with van der Waals surface area (Å²) in [5, 5.41) is 3.63. The number of anilines is 1. The van der Waals surface area contributed by atoms with Gasteiger partial charge in [-0.05, 0) is 56.1 Å². The lowest BCUT2D eigenvalue weighted by Crippen LogP contribution is -2.53. The number of hydrogen-bond donors (Lipinski definition) is 1. The molecule has 0 aromatic heterocycles. The van der Waals surface area contributed by atoms with E-state index in [2.05, 4.69) is 44.1 Å². The predicted molar refractivity (Wildman–Crippen MR) is 128 cm³/mol. The summed E-state index contributed by atoms with van der Waals surface area (Å²) in [4.78, 5) is 11.9. The Labute approximate surface area is 187 Å². The van der Waals surface area contributed by atoms with E-state index in [-0.39, 0.29) is 24.0 Å². The highest BCUT2D eigenvalue weighted by Crippen LogP contribution is 2.20. The van der Waals surface area contributed by atoms with Crippen LogP contribution in [0.2, 0.25) is 0 Å². The van der Waals surface area contributed by atoms with E-state index in [0.29, 0.717) is 0 Å². The lowest BCUT2D eigenvalue weighted by Gasteiger charge is -2.38. The summed E-state index contributed by atoms with van der Waals surface area (Å²) in [6.07, 6.45) is 2.55. The van der Waals surface area contributed by atoms with E-state index in [4.69, 9.17) is 4.74 Å². The first-order chi connectivity index (χ1) is 13.2. The third kappa shape index (κ3) is 6.14. The molecular formula is C21H36IN5O. The van der Waals surface area contributed by atoms with Crippen LogP contribution in [0.3, 0.4) is 0 Å². The zero-order valence-electron chi connectivity index (χ0n) is 17.6. The molecule has 28 heavy (non-hydrogen) atoms. The maximum atomic E-state index is 5.26. The van der Waals surface area contributed by atoms with Gasteiger partial charge in [-0.1, -0.05) is 6.92 Å². The highest BCUT2D eigenvalue weighted by Gasteiger charge is 2.24. The van der Waals surface area contributed by atoms with E-state index in [1.807, 2.05) is 19.2 Å². The Kier molecular flexibility index (Phi) is 9.64. The van der Waals surface area contributed by atoms with E-state index in [1.165, 1.54) is 38.2 Å². The number of guanidine groups is 1. The molecule has 2 saturated heterocycles. The van der Waals surface area contributed by atoms with Gasteiger partial charge < -0.3 is 24.8 Å².